The van der Waals surface area contributed by atoms with Gasteiger partial charge in [-0.15, -0.1) is 0 Å². The molecule has 2 heterocycles. The summed E-state index contributed by atoms with van der Waals surface area (Å²) in [7, 11) is 0. The largest absolute Gasteiger partial charge is 0.493 e. The van der Waals surface area contributed by atoms with E-state index in [4.69, 9.17) is 66.3 Å². The lowest BCUT2D eigenvalue weighted by atomic mass is 9.88. The molecule has 0 amide bonds. The fourth-order valence-corrected chi connectivity index (χ4v) is 18.3. The van der Waals surface area contributed by atoms with Crippen LogP contribution in [0.4, 0.5) is 0 Å². The Hall–Kier alpha value is -10.6. The zero-order valence-corrected chi connectivity index (χ0v) is 76.6. The molecule has 3 aliphatic rings. The van der Waals surface area contributed by atoms with Crippen LogP contribution in [0.5, 0.6) is 23.0 Å². The zero-order valence-electron chi connectivity index (χ0n) is 76.6. The molecule has 680 valence electrons. The minimum atomic E-state index is -0.532. The van der Waals surface area contributed by atoms with Crippen molar-refractivity contribution in [2.45, 2.75) is 244 Å². The molecule has 1 aliphatic carbocycles. The van der Waals surface area contributed by atoms with Crippen LogP contribution in [-0.4, -0.2) is 101 Å². The first-order valence-electron chi connectivity index (χ1n) is 47.8. The predicted molar refractivity (Wildman–Crippen MR) is 515 cm³/mol. The van der Waals surface area contributed by atoms with Crippen LogP contribution in [0.25, 0.3) is 0 Å². The van der Waals surface area contributed by atoms with Gasteiger partial charge in [0, 0.05) is 25.7 Å². The Morgan fingerprint density at radius 1 is 0.223 bits per heavy atom. The van der Waals surface area contributed by atoms with Crippen LogP contribution in [0.2, 0.25) is 0 Å². The Labute approximate surface area is 772 Å². The second-order valence-corrected chi connectivity index (χ2v) is 34.9. The summed E-state index contributed by atoms with van der Waals surface area (Å²) in [5.41, 5.74) is 20.0. The molecule has 0 saturated carbocycles. The van der Waals surface area contributed by atoms with Crippen molar-refractivity contribution in [1.29, 1.82) is 0 Å². The van der Waals surface area contributed by atoms with Crippen molar-refractivity contribution in [3.63, 3.8) is 0 Å². The highest BCUT2D eigenvalue weighted by atomic mass is 16.6. The van der Waals surface area contributed by atoms with Gasteiger partial charge in [0.25, 0.3) is 0 Å². The highest BCUT2D eigenvalue weighted by Gasteiger charge is 2.50. The van der Waals surface area contributed by atoms with E-state index in [9.17, 15) is 0 Å². The molecule has 0 spiro atoms. The van der Waals surface area contributed by atoms with Gasteiger partial charge in [-0.2, -0.15) is 0 Å². The molecule has 12 aromatic carbocycles. The Morgan fingerprint density at radius 2 is 0.446 bits per heavy atom. The van der Waals surface area contributed by atoms with Crippen molar-refractivity contribution >= 4 is 0 Å². The first kappa shape index (κ1) is 94.1. The summed E-state index contributed by atoms with van der Waals surface area (Å²) in [5.74, 6) is 3.68. The van der Waals surface area contributed by atoms with E-state index in [1.165, 1.54) is 11.1 Å². The van der Waals surface area contributed by atoms with Gasteiger partial charge in [-0.1, -0.05) is 344 Å². The van der Waals surface area contributed by atoms with Crippen LogP contribution in [0.15, 0.2) is 303 Å². The van der Waals surface area contributed by atoms with Crippen LogP contribution in [0, 0.1) is 0 Å². The van der Waals surface area contributed by atoms with E-state index in [2.05, 4.69) is 282 Å². The maximum atomic E-state index is 7.45. The molecule has 8 bridgehead atoms. The summed E-state index contributed by atoms with van der Waals surface area (Å²) in [4.78, 5) is 0. The lowest BCUT2D eigenvalue weighted by Gasteiger charge is -2.46. The molecule has 2 saturated heterocycles. The first-order chi connectivity index (χ1) is 64.3. The lowest BCUT2D eigenvalue weighted by molar-refractivity contribution is -0.273. The SMILES string of the molecule is CCCOc1c2cccc1Cc1cc(CCCC[C@@H]3O[C@H](COCc4ccccc4)[C@H](OCc4ccccc4)[C@H](OCc4ccccc4)[C@H]3OCc3ccccc3)cc(c1OCCC)Cc1cccc(c1OCCC)Cc1cc(CCCC[C@@H]3O[C@H](COCc4ccccc4)[C@H](OCc4ccccc4)[C@H](OCc4ccccc4)[C@H]3OCc3ccccc3)cc(c1OCCC)C2. The van der Waals surface area contributed by atoms with E-state index in [1.807, 2.05) is 48.5 Å². The van der Waals surface area contributed by atoms with Crippen LogP contribution in [0.1, 0.15) is 192 Å². The van der Waals surface area contributed by atoms with Crippen molar-refractivity contribution in [3.05, 3.63) is 403 Å². The standard InChI is InChI=1S/C116H132O14/c1-5-63-119-107-95-57-37-58-96(107)72-100-68-94(56-34-36-62-104-112(124-78-88-45-23-12-24-46-88)116(128-82-92-53-31-16-32-54-92)114(126-80-90-49-27-14-28-50-90)106(130-104)84-118-76-86-41-19-10-20-42-86)70-102(110(100)122-66-8-4)74-98-60-38-59-97(108(98)120-64-6-2)73-101-69-93(67-99(71-95)109(101)121-65-7-3)55-33-35-61-103-111(123-77-87-43-21-11-22-44-87)115(127-81-91-51-29-15-30-52-91)113(125-79-89-47-25-13-26-48-89)105(129-103)83-117-75-85-39-17-9-18-40-85/h9-32,37-54,57-60,67-70,103-106,111-116H,5-8,33-36,55-56,61-66,71-84H2,1-4H3/t103-,104-,105+,106+,111-,112-,113-,114-,115+,116+/m0/s1. The summed E-state index contributed by atoms with van der Waals surface area (Å²) in [6.07, 6.45) is 7.50. The third-order valence-corrected chi connectivity index (χ3v) is 24.7. The first-order valence-corrected chi connectivity index (χ1v) is 47.8. The summed E-state index contributed by atoms with van der Waals surface area (Å²) in [6.45, 7) is 14.7. The number of para-hydroxylation sites is 2. The second kappa shape index (κ2) is 50.7. The Balaban J connectivity index is 0.738. The van der Waals surface area contributed by atoms with Crippen molar-refractivity contribution in [3.8, 4) is 23.0 Å². The van der Waals surface area contributed by atoms with Crippen molar-refractivity contribution in [2.24, 2.45) is 0 Å². The molecule has 0 unspecified atom stereocenters. The quantitative estimate of drug-likeness (QED) is 0.0335. The highest BCUT2D eigenvalue weighted by molar-refractivity contribution is 5.58. The van der Waals surface area contributed by atoms with Gasteiger partial charge >= 0.3 is 0 Å². The highest BCUT2D eigenvalue weighted by Crippen LogP contribution is 2.43. The van der Waals surface area contributed by atoms with Crippen LogP contribution in [0.3, 0.4) is 0 Å². The Kier molecular flexibility index (Phi) is 36.7. The van der Waals surface area contributed by atoms with Crippen LogP contribution < -0.4 is 18.9 Å². The lowest BCUT2D eigenvalue weighted by Crippen LogP contribution is -2.61. The maximum absolute atomic E-state index is 7.45. The van der Waals surface area contributed by atoms with Gasteiger partial charge < -0.3 is 66.3 Å². The Morgan fingerprint density at radius 3 is 0.692 bits per heavy atom. The monoisotopic (exact) mass is 1750 g/mol. The van der Waals surface area contributed by atoms with Crippen LogP contribution >= 0.6 is 0 Å². The van der Waals surface area contributed by atoms with Gasteiger partial charge in [-0.3, -0.25) is 0 Å². The molecule has 0 aromatic heterocycles. The van der Waals surface area contributed by atoms with E-state index in [-0.39, 0.29) is 12.2 Å². The summed E-state index contributed by atoms with van der Waals surface area (Å²) < 4.78 is 99.9. The molecule has 10 atom stereocenters. The number of unbranched alkanes of at least 4 members (excludes halogenated alkanes) is 2. The number of ether oxygens (including phenoxy) is 14. The average Bonchev–Trinajstić information content (AvgIpc) is 0.800. The number of fused-ring (bicyclic) bond motifs is 8. The molecule has 2 aliphatic heterocycles. The smallest absolute Gasteiger partial charge is 0.126 e. The minimum absolute atomic E-state index is 0.299. The summed E-state index contributed by atoms with van der Waals surface area (Å²) in [5, 5.41) is 0. The second-order valence-electron chi connectivity index (χ2n) is 34.9. The third kappa shape index (κ3) is 27.3. The summed E-state index contributed by atoms with van der Waals surface area (Å²) in [6, 6.07) is 106. The summed E-state index contributed by atoms with van der Waals surface area (Å²) >= 11 is 0. The normalized spacial score (nSPS) is 19.0. The number of aryl methyl sites for hydroxylation is 2. The molecule has 14 nitrogen and oxygen atoms in total. The van der Waals surface area contributed by atoms with Crippen molar-refractivity contribution in [2.75, 3.05) is 39.6 Å². The minimum Gasteiger partial charge on any atom is -0.493 e. The van der Waals surface area contributed by atoms with Gasteiger partial charge in [0.2, 0.25) is 0 Å². The van der Waals surface area contributed by atoms with Gasteiger partial charge in [-0.25, -0.2) is 0 Å². The van der Waals surface area contributed by atoms with E-state index in [1.54, 1.807) is 0 Å². The van der Waals surface area contributed by atoms with Gasteiger partial charge in [-0.05, 0) is 164 Å². The number of benzene rings is 12. The molecule has 0 N–H and O–H groups in total. The molecular formula is C116H132O14. The molecule has 15 rings (SSSR count). The molecule has 2 fully saturated rings. The molecule has 12 aromatic rings. The number of hydrogen-bond acceptors (Lipinski definition) is 14. The average molecular weight is 1750 g/mol. The molecule has 130 heavy (non-hydrogen) atoms. The van der Waals surface area contributed by atoms with Crippen LogP contribution in [-0.2, 0) is 139 Å². The maximum Gasteiger partial charge on any atom is 0.126 e. The molecule has 14 heteroatoms. The number of rotatable bonds is 48. The third-order valence-electron chi connectivity index (χ3n) is 24.7. The molecule has 0 radical (unpaired) electrons. The van der Waals surface area contributed by atoms with Crippen molar-refractivity contribution in [1.82, 2.24) is 0 Å². The van der Waals surface area contributed by atoms with Crippen molar-refractivity contribution < 1.29 is 66.3 Å². The van der Waals surface area contributed by atoms with E-state index in [0.29, 0.717) is 131 Å². The number of hydrogen-bond donors (Lipinski definition) is 0. The van der Waals surface area contributed by atoms with Gasteiger partial charge in [0.15, 0.2) is 0 Å². The predicted octanol–water partition coefficient (Wildman–Crippen LogP) is 24.4. The zero-order chi connectivity index (χ0) is 88.9. The van der Waals surface area contributed by atoms with E-state index in [0.717, 1.165) is 176 Å². The van der Waals surface area contributed by atoms with Gasteiger partial charge in [0.1, 0.15) is 71.8 Å². The van der Waals surface area contributed by atoms with E-state index >= 15 is 0 Å². The topological polar surface area (TPSA) is 129 Å². The Bertz CT molecular complexity index is 4840. The van der Waals surface area contributed by atoms with E-state index < -0.39 is 48.8 Å². The fraction of sp³-hybridized carbons (Fsp3) is 0.379. The molecular weight excluding hydrogens is 1620 g/mol. The fourth-order valence-electron chi connectivity index (χ4n) is 18.3. The van der Waals surface area contributed by atoms with Gasteiger partial charge in [0.05, 0.1) is 105 Å².